The average molecular weight is 283 g/mol. The van der Waals surface area contributed by atoms with Gasteiger partial charge < -0.3 is 10.4 Å². The Hall–Kier alpha value is -1.36. The van der Waals surface area contributed by atoms with E-state index < -0.39 is 5.97 Å². The Morgan fingerprint density at radius 2 is 1.74 bits per heavy atom. The van der Waals surface area contributed by atoms with Gasteiger partial charge in [-0.1, -0.05) is 27.7 Å². The van der Waals surface area contributed by atoms with Gasteiger partial charge in [0.15, 0.2) is 0 Å². The lowest BCUT2D eigenvalue weighted by atomic mass is 9.85. The minimum Gasteiger partial charge on any atom is -0.477 e. The number of anilines is 1. The lowest BCUT2D eigenvalue weighted by Gasteiger charge is -2.23. The third kappa shape index (κ3) is 3.56. The Bertz CT molecular complexity index is 469. The second-order valence-electron chi connectivity index (χ2n) is 5.43. The van der Waals surface area contributed by atoms with Gasteiger partial charge in [0, 0.05) is 5.92 Å². The van der Waals surface area contributed by atoms with Crippen molar-refractivity contribution in [3.05, 3.63) is 15.8 Å². The van der Waals surface area contributed by atoms with Crippen LogP contribution >= 0.6 is 11.3 Å². The maximum absolute atomic E-state index is 12.3. The molecule has 1 heterocycles. The molecule has 0 bridgehead atoms. The Kier molecular flexibility index (Phi) is 5.11. The van der Waals surface area contributed by atoms with E-state index >= 15 is 0 Å². The molecule has 1 aromatic rings. The molecular formula is C14H21NO3S. The third-order valence-electron chi connectivity index (χ3n) is 3.16. The van der Waals surface area contributed by atoms with Gasteiger partial charge in [-0.15, -0.1) is 11.3 Å². The van der Waals surface area contributed by atoms with Crippen molar-refractivity contribution in [1.82, 2.24) is 0 Å². The first-order valence-corrected chi connectivity index (χ1v) is 7.25. The number of hydrogen-bond donors (Lipinski definition) is 2. The van der Waals surface area contributed by atoms with E-state index in [1.807, 2.05) is 27.7 Å². The highest BCUT2D eigenvalue weighted by Gasteiger charge is 2.27. The fraction of sp³-hybridized carbons (Fsp3) is 0.571. The third-order valence-corrected chi connectivity index (χ3v) is 4.24. The summed E-state index contributed by atoms with van der Waals surface area (Å²) in [7, 11) is 0. The van der Waals surface area contributed by atoms with Crippen molar-refractivity contribution in [2.45, 2.75) is 34.6 Å². The molecule has 0 spiro atoms. The van der Waals surface area contributed by atoms with Crippen LogP contribution in [0.2, 0.25) is 0 Å². The Labute approximate surface area is 117 Å². The number of nitrogens with one attached hydrogen (secondary N) is 1. The number of carbonyl (C=O) groups is 2. The van der Waals surface area contributed by atoms with Crippen LogP contribution in [0.1, 0.15) is 42.9 Å². The van der Waals surface area contributed by atoms with Crippen molar-refractivity contribution in [3.63, 3.8) is 0 Å². The van der Waals surface area contributed by atoms with E-state index in [4.69, 9.17) is 5.11 Å². The zero-order valence-electron chi connectivity index (χ0n) is 12.0. The molecule has 2 N–H and O–H groups in total. The molecule has 0 saturated heterocycles. The summed E-state index contributed by atoms with van der Waals surface area (Å²) in [5.41, 5.74) is 1.23. The van der Waals surface area contributed by atoms with Crippen molar-refractivity contribution in [2.75, 3.05) is 5.32 Å². The van der Waals surface area contributed by atoms with Gasteiger partial charge in [-0.3, -0.25) is 4.79 Å². The fourth-order valence-electron chi connectivity index (χ4n) is 2.34. The molecule has 19 heavy (non-hydrogen) atoms. The molecule has 0 fully saturated rings. The quantitative estimate of drug-likeness (QED) is 0.867. The summed E-state index contributed by atoms with van der Waals surface area (Å²) < 4.78 is 0. The number of aromatic carboxylic acids is 1. The first-order valence-electron chi connectivity index (χ1n) is 6.38. The first-order chi connectivity index (χ1) is 8.75. The van der Waals surface area contributed by atoms with Crippen LogP contribution in [0.15, 0.2) is 5.38 Å². The molecular weight excluding hydrogens is 262 g/mol. The number of carbonyl (C=O) groups excluding carboxylic acids is 1. The van der Waals surface area contributed by atoms with Crippen molar-refractivity contribution in [1.29, 1.82) is 0 Å². The topological polar surface area (TPSA) is 66.4 Å². The number of amides is 1. The maximum Gasteiger partial charge on any atom is 0.348 e. The van der Waals surface area contributed by atoms with E-state index in [9.17, 15) is 9.59 Å². The first kappa shape index (κ1) is 15.7. The van der Waals surface area contributed by atoms with Crippen LogP contribution in [0.25, 0.3) is 0 Å². The SMILES string of the molecule is Cc1csc(C(=O)O)c1NC(=O)C(C(C)C)C(C)C. The van der Waals surface area contributed by atoms with Crippen molar-refractivity contribution >= 4 is 28.9 Å². The van der Waals surface area contributed by atoms with Gasteiger partial charge >= 0.3 is 5.97 Å². The summed E-state index contributed by atoms with van der Waals surface area (Å²) >= 11 is 1.14. The minimum absolute atomic E-state index is 0.103. The summed E-state index contributed by atoms with van der Waals surface area (Å²) in [6, 6.07) is 0. The maximum atomic E-state index is 12.3. The largest absolute Gasteiger partial charge is 0.477 e. The van der Waals surface area contributed by atoms with E-state index in [0.29, 0.717) is 5.69 Å². The van der Waals surface area contributed by atoms with Gasteiger partial charge in [-0.05, 0) is 29.7 Å². The van der Waals surface area contributed by atoms with Crippen LogP contribution in [0, 0.1) is 24.7 Å². The standard InChI is InChI=1S/C14H21NO3S/c1-7(2)10(8(3)4)13(16)15-11-9(5)6-19-12(11)14(17)18/h6-8,10H,1-5H3,(H,15,16)(H,17,18). The predicted molar refractivity (Wildman–Crippen MR) is 77.8 cm³/mol. The van der Waals surface area contributed by atoms with E-state index in [1.54, 1.807) is 12.3 Å². The molecule has 0 atom stereocenters. The molecule has 0 aromatic carbocycles. The van der Waals surface area contributed by atoms with E-state index in [0.717, 1.165) is 16.9 Å². The number of carboxylic acid groups (broad SMARTS) is 1. The summed E-state index contributed by atoms with van der Waals surface area (Å²) in [5, 5.41) is 13.7. The van der Waals surface area contributed by atoms with Crippen molar-refractivity contribution in [3.8, 4) is 0 Å². The number of rotatable bonds is 5. The normalized spacial score (nSPS) is 11.4. The molecule has 0 saturated carbocycles. The lowest BCUT2D eigenvalue weighted by molar-refractivity contribution is -0.122. The Morgan fingerprint density at radius 3 is 2.16 bits per heavy atom. The number of thiophene rings is 1. The summed E-state index contributed by atoms with van der Waals surface area (Å²) in [6.07, 6.45) is 0. The molecule has 1 rings (SSSR count). The number of aryl methyl sites for hydroxylation is 1. The summed E-state index contributed by atoms with van der Waals surface area (Å²) in [5.74, 6) is -0.798. The summed E-state index contributed by atoms with van der Waals surface area (Å²) in [6.45, 7) is 9.82. The van der Waals surface area contributed by atoms with Gasteiger partial charge in [0.1, 0.15) is 4.88 Å². The van der Waals surface area contributed by atoms with E-state index in [1.165, 1.54) is 0 Å². The molecule has 0 aliphatic heterocycles. The van der Waals surface area contributed by atoms with Crippen LogP contribution < -0.4 is 5.32 Å². The highest BCUT2D eigenvalue weighted by molar-refractivity contribution is 7.12. The van der Waals surface area contributed by atoms with E-state index in [2.05, 4.69) is 5.32 Å². The minimum atomic E-state index is -1.00. The zero-order valence-corrected chi connectivity index (χ0v) is 12.8. The van der Waals surface area contributed by atoms with Gasteiger partial charge in [-0.25, -0.2) is 4.79 Å². The average Bonchev–Trinajstić information content (AvgIpc) is 2.59. The zero-order chi connectivity index (χ0) is 14.7. The summed E-state index contributed by atoms with van der Waals surface area (Å²) in [4.78, 5) is 23.6. The molecule has 4 nitrogen and oxygen atoms in total. The van der Waals surface area contributed by atoms with Crippen molar-refractivity contribution in [2.24, 2.45) is 17.8 Å². The van der Waals surface area contributed by atoms with E-state index in [-0.39, 0.29) is 28.5 Å². The molecule has 1 amide bonds. The number of carboxylic acids is 1. The molecule has 1 aromatic heterocycles. The van der Waals surface area contributed by atoms with Crippen LogP contribution in [-0.2, 0) is 4.79 Å². The smallest absolute Gasteiger partial charge is 0.348 e. The monoisotopic (exact) mass is 283 g/mol. The molecule has 106 valence electrons. The van der Waals surface area contributed by atoms with Crippen LogP contribution in [0.5, 0.6) is 0 Å². The Morgan fingerprint density at radius 1 is 1.21 bits per heavy atom. The molecule has 0 radical (unpaired) electrons. The van der Waals surface area contributed by atoms with Gasteiger partial charge in [0.2, 0.25) is 5.91 Å². The lowest BCUT2D eigenvalue weighted by Crippen LogP contribution is -2.31. The van der Waals surface area contributed by atoms with Crippen LogP contribution in [0.4, 0.5) is 5.69 Å². The van der Waals surface area contributed by atoms with Crippen molar-refractivity contribution < 1.29 is 14.7 Å². The second-order valence-corrected chi connectivity index (χ2v) is 6.31. The van der Waals surface area contributed by atoms with Gasteiger partial charge in [0.05, 0.1) is 5.69 Å². The van der Waals surface area contributed by atoms with Crippen LogP contribution in [0.3, 0.4) is 0 Å². The highest BCUT2D eigenvalue weighted by atomic mass is 32.1. The Balaban J connectivity index is 2.99. The fourth-order valence-corrected chi connectivity index (χ4v) is 3.18. The van der Waals surface area contributed by atoms with Gasteiger partial charge in [-0.2, -0.15) is 0 Å². The highest BCUT2D eigenvalue weighted by Crippen LogP contribution is 2.30. The predicted octanol–water partition coefficient (Wildman–Crippen LogP) is 3.62. The number of hydrogen-bond acceptors (Lipinski definition) is 3. The molecule has 0 aliphatic carbocycles. The molecule has 5 heteroatoms. The second kappa shape index (κ2) is 6.19. The molecule has 0 unspecified atom stereocenters. The van der Waals surface area contributed by atoms with Gasteiger partial charge in [0.25, 0.3) is 0 Å². The van der Waals surface area contributed by atoms with Crippen LogP contribution in [-0.4, -0.2) is 17.0 Å². The molecule has 0 aliphatic rings.